The minimum absolute atomic E-state index is 0.580. The molecule has 1 aliphatic rings. The van der Waals surface area contributed by atoms with Crippen molar-refractivity contribution in [3.63, 3.8) is 0 Å². The first-order valence-corrected chi connectivity index (χ1v) is 9.24. The SMILES string of the molecule is CCc1cn[nH]c1C1CCN(Cc2ccc(OC)c(OC)c2OC)CC1. The third-order valence-electron chi connectivity index (χ3n) is 5.31. The highest BCUT2D eigenvalue weighted by Gasteiger charge is 2.25. The molecule has 0 bridgehead atoms. The average molecular weight is 359 g/mol. The fourth-order valence-corrected chi connectivity index (χ4v) is 3.86. The van der Waals surface area contributed by atoms with Crippen LogP contribution in [-0.4, -0.2) is 49.5 Å². The van der Waals surface area contributed by atoms with Gasteiger partial charge in [-0.15, -0.1) is 0 Å². The number of likely N-dealkylation sites (tertiary alicyclic amines) is 1. The molecule has 1 aromatic heterocycles. The summed E-state index contributed by atoms with van der Waals surface area (Å²) in [7, 11) is 4.96. The van der Waals surface area contributed by atoms with Crippen LogP contribution in [0.1, 0.15) is 42.5 Å². The molecule has 3 rings (SSSR count). The predicted octanol–water partition coefficient (Wildman–Crippen LogP) is 3.38. The number of aromatic nitrogens is 2. The van der Waals surface area contributed by atoms with Crippen LogP contribution in [0.25, 0.3) is 0 Å². The summed E-state index contributed by atoms with van der Waals surface area (Å²) in [5.41, 5.74) is 3.81. The van der Waals surface area contributed by atoms with Gasteiger partial charge in [0.1, 0.15) is 0 Å². The maximum Gasteiger partial charge on any atom is 0.203 e. The molecule has 1 N–H and O–H groups in total. The van der Waals surface area contributed by atoms with Gasteiger partial charge >= 0.3 is 0 Å². The second-order valence-corrected chi connectivity index (χ2v) is 6.71. The molecular weight excluding hydrogens is 330 g/mol. The molecule has 0 saturated carbocycles. The molecule has 1 aromatic carbocycles. The molecule has 6 nitrogen and oxygen atoms in total. The standard InChI is InChI=1S/C20H29N3O3/c1-5-14-12-21-22-18(14)15-8-10-23(11-9-15)13-16-6-7-17(24-2)20(26-4)19(16)25-3/h6-7,12,15H,5,8-11,13H2,1-4H3,(H,21,22). The second-order valence-electron chi connectivity index (χ2n) is 6.71. The number of hydrogen-bond donors (Lipinski definition) is 1. The fraction of sp³-hybridized carbons (Fsp3) is 0.550. The normalized spacial score (nSPS) is 15.8. The van der Waals surface area contributed by atoms with Crippen molar-refractivity contribution in [1.82, 2.24) is 15.1 Å². The number of ether oxygens (including phenoxy) is 3. The molecular formula is C20H29N3O3. The fourth-order valence-electron chi connectivity index (χ4n) is 3.86. The zero-order chi connectivity index (χ0) is 18.5. The molecule has 142 valence electrons. The van der Waals surface area contributed by atoms with E-state index < -0.39 is 0 Å². The van der Waals surface area contributed by atoms with E-state index in [1.165, 1.54) is 11.3 Å². The molecule has 0 unspecified atom stereocenters. The summed E-state index contributed by atoms with van der Waals surface area (Å²) in [6.45, 7) is 5.15. The molecule has 0 aliphatic carbocycles. The monoisotopic (exact) mass is 359 g/mol. The quantitative estimate of drug-likeness (QED) is 0.821. The summed E-state index contributed by atoms with van der Waals surface area (Å²) < 4.78 is 16.5. The molecule has 0 amide bonds. The van der Waals surface area contributed by atoms with E-state index in [0.29, 0.717) is 17.4 Å². The van der Waals surface area contributed by atoms with Gasteiger partial charge in [0.15, 0.2) is 11.5 Å². The van der Waals surface area contributed by atoms with Gasteiger partial charge in [-0.2, -0.15) is 5.10 Å². The molecule has 1 fully saturated rings. The average Bonchev–Trinajstić information content (AvgIpc) is 3.16. The van der Waals surface area contributed by atoms with E-state index in [0.717, 1.165) is 50.2 Å². The summed E-state index contributed by atoms with van der Waals surface area (Å²) >= 11 is 0. The molecule has 1 saturated heterocycles. The Morgan fingerprint density at radius 3 is 2.38 bits per heavy atom. The lowest BCUT2D eigenvalue weighted by Gasteiger charge is -2.32. The van der Waals surface area contributed by atoms with Crippen molar-refractivity contribution in [2.75, 3.05) is 34.4 Å². The van der Waals surface area contributed by atoms with E-state index >= 15 is 0 Å². The van der Waals surface area contributed by atoms with Crippen molar-refractivity contribution in [3.8, 4) is 17.2 Å². The van der Waals surface area contributed by atoms with Gasteiger partial charge in [0, 0.05) is 23.7 Å². The van der Waals surface area contributed by atoms with E-state index in [1.807, 2.05) is 12.3 Å². The summed E-state index contributed by atoms with van der Waals surface area (Å²) in [6.07, 6.45) is 5.29. The number of H-pyrrole nitrogens is 1. The van der Waals surface area contributed by atoms with Crippen LogP contribution in [0.2, 0.25) is 0 Å². The van der Waals surface area contributed by atoms with Gasteiger partial charge in [-0.1, -0.05) is 13.0 Å². The predicted molar refractivity (Wildman–Crippen MR) is 101 cm³/mol. The van der Waals surface area contributed by atoms with E-state index in [2.05, 4.69) is 28.1 Å². The van der Waals surface area contributed by atoms with Crippen LogP contribution < -0.4 is 14.2 Å². The number of methoxy groups -OCH3 is 3. The lowest BCUT2D eigenvalue weighted by molar-refractivity contribution is 0.200. The molecule has 1 aliphatic heterocycles. The molecule has 0 spiro atoms. The Bertz CT molecular complexity index is 721. The van der Waals surface area contributed by atoms with Crippen molar-refractivity contribution in [2.24, 2.45) is 0 Å². The number of hydrogen-bond acceptors (Lipinski definition) is 5. The molecule has 2 heterocycles. The van der Waals surface area contributed by atoms with E-state index in [-0.39, 0.29) is 0 Å². The van der Waals surface area contributed by atoms with Gasteiger partial charge < -0.3 is 14.2 Å². The highest BCUT2D eigenvalue weighted by molar-refractivity contribution is 5.55. The Morgan fingerprint density at radius 2 is 1.77 bits per heavy atom. The van der Waals surface area contributed by atoms with Gasteiger partial charge in [0.2, 0.25) is 5.75 Å². The second kappa shape index (κ2) is 8.45. The Labute approximate surface area is 155 Å². The van der Waals surface area contributed by atoms with Crippen LogP contribution in [0.15, 0.2) is 18.3 Å². The van der Waals surface area contributed by atoms with Gasteiger partial charge in [0.25, 0.3) is 0 Å². The summed E-state index contributed by atoms with van der Waals surface area (Å²) in [6, 6.07) is 4.01. The number of aryl methyl sites for hydroxylation is 1. The number of benzene rings is 1. The van der Waals surface area contributed by atoms with Gasteiger partial charge in [-0.05, 0) is 44.0 Å². The Kier molecular flexibility index (Phi) is 6.04. The molecule has 2 aromatic rings. The topological polar surface area (TPSA) is 59.6 Å². The van der Waals surface area contributed by atoms with E-state index in [1.54, 1.807) is 21.3 Å². The van der Waals surface area contributed by atoms with Gasteiger partial charge in [0.05, 0.1) is 27.5 Å². The van der Waals surface area contributed by atoms with E-state index in [4.69, 9.17) is 14.2 Å². The minimum Gasteiger partial charge on any atom is -0.493 e. The van der Waals surface area contributed by atoms with Crippen molar-refractivity contribution in [1.29, 1.82) is 0 Å². The maximum atomic E-state index is 5.62. The third kappa shape index (κ3) is 3.65. The largest absolute Gasteiger partial charge is 0.493 e. The smallest absolute Gasteiger partial charge is 0.203 e. The van der Waals surface area contributed by atoms with Crippen LogP contribution in [0, 0.1) is 0 Å². The van der Waals surface area contributed by atoms with Crippen molar-refractivity contribution in [3.05, 3.63) is 35.2 Å². The van der Waals surface area contributed by atoms with Crippen LogP contribution >= 0.6 is 0 Å². The summed E-state index contributed by atoms with van der Waals surface area (Å²) in [5.74, 6) is 2.69. The Hall–Kier alpha value is -2.21. The lowest BCUT2D eigenvalue weighted by atomic mass is 9.90. The number of nitrogens with zero attached hydrogens (tertiary/aromatic N) is 2. The number of nitrogens with one attached hydrogen (secondary N) is 1. The molecule has 26 heavy (non-hydrogen) atoms. The minimum atomic E-state index is 0.580. The van der Waals surface area contributed by atoms with Gasteiger partial charge in [-0.25, -0.2) is 0 Å². The van der Waals surface area contributed by atoms with Crippen molar-refractivity contribution < 1.29 is 14.2 Å². The van der Waals surface area contributed by atoms with Crippen molar-refractivity contribution in [2.45, 2.75) is 38.6 Å². The highest BCUT2D eigenvalue weighted by Crippen LogP contribution is 2.40. The van der Waals surface area contributed by atoms with Crippen LogP contribution in [0.3, 0.4) is 0 Å². The first-order chi connectivity index (χ1) is 12.7. The van der Waals surface area contributed by atoms with Crippen molar-refractivity contribution >= 4 is 0 Å². The zero-order valence-electron chi connectivity index (χ0n) is 16.2. The molecule has 0 atom stereocenters. The number of piperidine rings is 1. The third-order valence-corrected chi connectivity index (χ3v) is 5.31. The first-order valence-electron chi connectivity index (χ1n) is 9.24. The Morgan fingerprint density at radius 1 is 1.04 bits per heavy atom. The lowest BCUT2D eigenvalue weighted by Crippen LogP contribution is -2.33. The number of rotatable bonds is 7. The van der Waals surface area contributed by atoms with E-state index in [9.17, 15) is 0 Å². The van der Waals surface area contributed by atoms with Crippen LogP contribution in [-0.2, 0) is 13.0 Å². The number of aromatic amines is 1. The maximum absolute atomic E-state index is 5.62. The zero-order valence-corrected chi connectivity index (χ0v) is 16.2. The first kappa shape index (κ1) is 18.6. The highest BCUT2D eigenvalue weighted by atomic mass is 16.5. The molecule has 6 heteroatoms. The van der Waals surface area contributed by atoms with Gasteiger partial charge in [-0.3, -0.25) is 10.00 Å². The van der Waals surface area contributed by atoms with Crippen LogP contribution in [0.4, 0.5) is 0 Å². The Balaban J connectivity index is 1.68. The molecule has 0 radical (unpaired) electrons. The summed E-state index contributed by atoms with van der Waals surface area (Å²) in [4.78, 5) is 2.47. The summed E-state index contributed by atoms with van der Waals surface area (Å²) in [5, 5.41) is 7.45. The van der Waals surface area contributed by atoms with Crippen LogP contribution in [0.5, 0.6) is 17.2 Å².